The summed E-state index contributed by atoms with van der Waals surface area (Å²) in [6.45, 7) is 0.784. The van der Waals surface area contributed by atoms with Gasteiger partial charge in [0.15, 0.2) is 6.04 Å². The zero-order valence-corrected chi connectivity index (χ0v) is 11.9. The smallest absolute Gasteiger partial charge is 0.331 e. The molecule has 8 nitrogen and oxygen atoms in total. The molecule has 2 amide bonds. The molecule has 2 rings (SSSR count). The molecule has 118 valence electrons. The van der Waals surface area contributed by atoms with Crippen LogP contribution in [0.1, 0.15) is 19.3 Å². The molecule has 1 unspecified atom stereocenters. The predicted octanol–water partition coefficient (Wildman–Crippen LogP) is -0.177. The second kappa shape index (κ2) is 6.75. The van der Waals surface area contributed by atoms with Gasteiger partial charge in [-0.2, -0.15) is 0 Å². The SMILES string of the molecule is COC(=O)C1COCCN1C(=O)N[C@H]1CC[C@@H](C(=O)O)C1. The highest BCUT2D eigenvalue weighted by atomic mass is 16.5. The number of methoxy groups -OCH3 is 1. The van der Waals surface area contributed by atoms with Crippen LogP contribution in [-0.4, -0.2) is 66.9 Å². The van der Waals surface area contributed by atoms with Gasteiger partial charge in [-0.25, -0.2) is 9.59 Å². The lowest BCUT2D eigenvalue weighted by Gasteiger charge is -2.34. The molecular weight excluding hydrogens is 280 g/mol. The standard InChI is InChI=1S/C13H20N2O6/c1-20-12(18)10-7-21-5-4-15(10)13(19)14-9-3-2-8(6-9)11(16)17/h8-10H,2-7H2,1H3,(H,14,19)(H,16,17)/t8-,9+,10?/m1/s1. The molecule has 0 bridgehead atoms. The third-order valence-electron chi connectivity index (χ3n) is 3.97. The number of carboxylic acid groups (broad SMARTS) is 1. The summed E-state index contributed by atoms with van der Waals surface area (Å²) >= 11 is 0. The number of ether oxygens (including phenoxy) is 2. The van der Waals surface area contributed by atoms with Crippen molar-refractivity contribution in [3.63, 3.8) is 0 Å². The first-order valence-electron chi connectivity index (χ1n) is 6.98. The van der Waals surface area contributed by atoms with E-state index in [-0.39, 0.29) is 18.7 Å². The van der Waals surface area contributed by atoms with Crippen molar-refractivity contribution in [2.75, 3.05) is 26.9 Å². The van der Waals surface area contributed by atoms with Crippen LogP contribution in [0.4, 0.5) is 4.79 Å². The number of carbonyl (C=O) groups is 3. The van der Waals surface area contributed by atoms with Gasteiger partial charge in [0, 0.05) is 12.6 Å². The van der Waals surface area contributed by atoms with E-state index in [0.717, 1.165) is 0 Å². The third kappa shape index (κ3) is 3.63. The fourth-order valence-corrected chi connectivity index (χ4v) is 2.77. The zero-order valence-electron chi connectivity index (χ0n) is 11.9. The summed E-state index contributed by atoms with van der Waals surface area (Å²) < 4.78 is 9.87. The topological polar surface area (TPSA) is 105 Å². The first kappa shape index (κ1) is 15.6. The summed E-state index contributed by atoms with van der Waals surface area (Å²) in [5.74, 6) is -1.75. The number of hydrogen-bond acceptors (Lipinski definition) is 5. The van der Waals surface area contributed by atoms with E-state index >= 15 is 0 Å². The second-order valence-electron chi connectivity index (χ2n) is 5.30. The van der Waals surface area contributed by atoms with Gasteiger partial charge in [-0.3, -0.25) is 4.79 Å². The van der Waals surface area contributed by atoms with Crippen LogP contribution < -0.4 is 5.32 Å². The van der Waals surface area contributed by atoms with Gasteiger partial charge in [-0.15, -0.1) is 0 Å². The van der Waals surface area contributed by atoms with Gasteiger partial charge in [-0.05, 0) is 19.3 Å². The fourth-order valence-electron chi connectivity index (χ4n) is 2.77. The maximum Gasteiger partial charge on any atom is 0.331 e. The summed E-state index contributed by atoms with van der Waals surface area (Å²) in [6.07, 6.45) is 1.62. The van der Waals surface area contributed by atoms with Gasteiger partial charge in [-0.1, -0.05) is 0 Å². The molecule has 3 atom stereocenters. The van der Waals surface area contributed by atoms with E-state index in [1.54, 1.807) is 0 Å². The van der Waals surface area contributed by atoms with E-state index in [2.05, 4.69) is 10.1 Å². The number of morpholine rings is 1. The highest BCUT2D eigenvalue weighted by molar-refractivity contribution is 5.84. The number of carbonyl (C=O) groups excluding carboxylic acids is 2. The van der Waals surface area contributed by atoms with Crippen LogP contribution in [0.3, 0.4) is 0 Å². The number of hydrogen-bond donors (Lipinski definition) is 2. The van der Waals surface area contributed by atoms with Gasteiger partial charge in [0.1, 0.15) is 0 Å². The summed E-state index contributed by atoms with van der Waals surface area (Å²) in [5.41, 5.74) is 0. The van der Waals surface area contributed by atoms with E-state index < -0.39 is 23.9 Å². The van der Waals surface area contributed by atoms with Crippen LogP contribution in [0.25, 0.3) is 0 Å². The number of nitrogens with one attached hydrogen (secondary N) is 1. The zero-order chi connectivity index (χ0) is 15.4. The average molecular weight is 300 g/mol. The second-order valence-corrected chi connectivity index (χ2v) is 5.30. The molecule has 1 heterocycles. The Bertz CT molecular complexity index is 427. The molecule has 0 aromatic carbocycles. The Morgan fingerprint density at radius 3 is 2.71 bits per heavy atom. The summed E-state index contributed by atoms with van der Waals surface area (Å²) in [6, 6.07) is -1.29. The molecule has 2 aliphatic rings. The molecule has 2 N–H and O–H groups in total. The fraction of sp³-hybridized carbons (Fsp3) is 0.769. The molecule has 2 fully saturated rings. The molecular formula is C13H20N2O6. The number of urea groups is 1. The van der Waals surface area contributed by atoms with Crippen molar-refractivity contribution in [1.82, 2.24) is 10.2 Å². The van der Waals surface area contributed by atoms with Gasteiger partial charge in [0.05, 0.1) is 26.2 Å². The number of carboxylic acids is 1. The summed E-state index contributed by atoms with van der Waals surface area (Å²) in [4.78, 5) is 36.2. The Morgan fingerprint density at radius 1 is 1.33 bits per heavy atom. The summed E-state index contributed by atoms with van der Waals surface area (Å²) in [5, 5.41) is 11.8. The molecule has 1 saturated heterocycles. The lowest BCUT2D eigenvalue weighted by molar-refractivity contribution is -0.151. The van der Waals surface area contributed by atoms with Crippen molar-refractivity contribution in [2.24, 2.45) is 5.92 Å². The Balaban J connectivity index is 1.92. The van der Waals surface area contributed by atoms with Crippen LogP contribution in [0.2, 0.25) is 0 Å². The summed E-state index contributed by atoms with van der Waals surface area (Å²) in [7, 11) is 1.27. The van der Waals surface area contributed by atoms with E-state index in [4.69, 9.17) is 9.84 Å². The molecule has 1 aliphatic carbocycles. The van der Waals surface area contributed by atoms with E-state index in [0.29, 0.717) is 32.4 Å². The van der Waals surface area contributed by atoms with Crippen molar-refractivity contribution >= 4 is 18.0 Å². The molecule has 0 aromatic heterocycles. The van der Waals surface area contributed by atoms with Crippen molar-refractivity contribution in [3.8, 4) is 0 Å². The highest BCUT2D eigenvalue weighted by Gasteiger charge is 2.36. The first-order valence-corrected chi connectivity index (χ1v) is 6.98. The molecule has 21 heavy (non-hydrogen) atoms. The number of nitrogens with zero attached hydrogens (tertiary/aromatic N) is 1. The monoisotopic (exact) mass is 300 g/mol. The first-order chi connectivity index (χ1) is 10.0. The van der Waals surface area contributed by atoms with Crippen LogP contribution in [0, 0.1) is 5.92 Å². The minimum atomic E-state index is -0.828. The Morgan fingerprint density at radius 2 is 2.10 bits per heavy atom. The van der Waals surface area contributed by atoms with Crippen molar-refractivity contribution in [2.45, 2.75) is 31.3 Å². The van der Waals surface area contributed by atoms with Gasteiger partial charge in [0.2, 0.25) is 0 Å². The van der Waals surface area contributed by atoms with Crippen LogP contribution in [0.5, 0.6) is 0 Å². The Hall–Kier alpha value is -1.83. The average Bonchev–Trinajstić information content (AvgIpc) is 2.95. The molecule has 1 saturated carbocycles. The van der Waals surface area contributed by atoms with E-state index in [1.807, 2.05) is 0 Å². The largest absolute Gasteiger partial charge is 0.481 e. The number of aliphatic carboxylic acids is 1. The van der Waals surface area contributed by atoms with Gasteiger partial charge >= 0.3 is 18.0 Å². The van der Waals surface area contributed by atoms with Crippen LogP contribution in [0.15, 0.2) is 0 Å². The minimum absolute atomic E-state index is 0.114. The van der Waals surface area contributed by atoms with Crippen molar-refractivity contribution in [1.29, 1.82) is 0 Å². The number of amides is 2. The number of rotatable bonds is 3. The number of esters is 1. The van der Waals surface area contributed by atoms with Gasteiger partial charge in [0.25, 0.3) is 0 Å². The Labute approximate surface area is 122 Å². The molecule has 0 radical (unpaired) electrons. The maximum absolute atomic E-state index is 12.3. The quantitative estimate of drug-likeness (QED) is 0.701. The highest BCUT2D eigenvalue weighted by Crippen LogP contribution is 2.26. The lowest BCUT2D eigenvalue weighted by atomic mass is 10.1. The predicted molar refractivity (Wildman–Crippen MR) is 70.6 cm³/mol. The molecule has 0 aromatic rings. The van der Waals surface area contributed by atoms with Gasteiger partial charge < -0.3 is 24.8 Å². The molecule has 8 heteroatoms. The van der Waals surface area contributed by atoms with E-state index in [1.165, 1.54) is 12.0 Å². The van der Waals surface area contributed by atoms with E-state index in [9.17, 15) is 14.4 Å². The molecule has 1 aliphatic heterocycles. The lowest BCUT2D eigenvalue weighted by Crippen LogP contribution is -2.57. The minimum Gasteiger partial charge on any atom is -0.481 e. The normalized spacial score (nSPS) is 29.0. The third-order valence-corrected chi connectivity index (χ3v) is 3.97. The molecule has 0 spiro atoms. The maximum atomic E-state index is 12.3. The van der Waals surface area contributed by atoms with Crippen molar-refractivity contribution in [3.05, 3.63) is 0 Å². The van der Waals surface area contributed by atoms with Crippen molar-refractivity contribution < 1.29 is 29.0 Å². The van der Waals surface area contributed by atoms with Crippen LogP contribution >= 0.6 is 0 Å². The Kier molecular flexibility index (Phi) is 5.00. The van der Waals surface area contributed by atoms with Crippen LogP contribution in [-0.2, 0) is 19.1 Å².